The summed E-state index contributed by atoms with van der Waals surface area (Å²) in [6.45, 7) is 6.72. The Morgan fingerprint density at radius 3 is 2.12 bits per heavy atom. The summed E-state index contributed by atoms with van der Waals surface area (Å²) in [4.78, 5) is 21.9. The van der Waals surface area contributed by atoms with E-state index >= 15 is 0 Å². The summed E-state index contributed by atoms with van der Waals surface area (Å²) in [7, 11) is 1.29. The molecule has 0 heterocycles. The molecule has 0 aromatic carbocycles. The molecule has 0 aliphatic carbocycles. The van der Waals surface area contributed by atoms with Crippen LogP contribution in [0.25, 0.3) is 0 Å². The largest absolute Gasteiger partial charge is 0.479 e. The highest BCUT2D eigenvalue weighted by Gasteiger charge is 2.17. The summed E-state index contributed by atoms with van der Waals surface area (Å²) in [5, 5.41) is 13.8. The number of methoxy groups -OCH3 is 1. The van der Waals surface area contributed by atoms with E-state index in [1.807, 2.05) is 6.92 Å². The quantitative estimate of drug-likeness (QED) is 0.616. The van der Waals surface area contributed by atoms with Gasteiger partial charge in [-0.15, -0.1) is 0 Å². The average molecular weight is 246 g/mol. The van der Waals surface area contributed by atoms with Crippen LogP contribution in [-0.2, 0) is 9.53 Å². The summed E-state index contributed by atoms with van der Waals surface area (Å²) < 4.78 is 4.68. The van der Waals surface area contributed by atoms with Crippen molar-refractivity contribution >= 4 is 12.0 Å². The summed E-state index contributed by atoms with van der Waals surface area (Å²) in [5.41, 5.74) is 0. The van der Waals surface area contributed by atoms with Crippen molar-refractivity contribution in [1.82, 2.24) is 10.6 Å². The molecule has 0 rings (SSSR count). The number of urea groups is 1. The van der Waals surface area contributed by atoms with Crippen molar-refractivity contribution in [3.05, 3.63) is 0 Å². The number of hydrogen-bond acceptors (Lipinski definition) is 3. The van der Waals surface area contributed by atoms with E-state index in [0.29, 0.717) is 18.4 Å². The molecular weight excluding hydrogens is 224 g/mol. The van der Waals surface area contributed by atoms with Crippen molar-refractivity contribution < 1.29 is 19.4 Å². The van der Waals surface area contributed by atoms with Gasteiger partial charge in [-0.25, -0.2) is 9.59 Å². The van der Waals surface area contributed by atoms with Crippen LogP contribution in [0.15, 0.2) is 0 Å². The number of carboxylic acid groups (broad SMARTS) is 1. The van der Waals surface area contributed by atoms with E-state index in [1.54, 1.807) is 0 Å². The molecule has 0 spiro atoms. The minimum atomic E-state index is -1.09. The van der Waals surface area contributed by atoms with E-state index in [0.717, 1.165) is 0 Å². The molecule has 0 aromatic heterocycles. The molecule has 2 atom stereocenters. The summed E-state index contributed by atoms with van der Waals surface area (Å²) in [6.07, 6.45) is -1.01. The van der Waals surface area contributed by atoms with Gasteiger partial charge in [0.2, 0.25) is 0 Å². The van der Waals surface area contributed by atoms with E-state index in [1.165, 1.54) is 7.11 Å². The van der Waals surface area contributed by atoms with Crippen molar-refractivity contribution in [3.63, 3.8) is 0 Å². The fraction of sp³-hybridized carbons (Fsp3) is 0.818. The van der Waals surface area contributed by atoms with Gasteiger partial charge in [0.15, 0.2) is 6.10 Å². The van der Waals surface area contributed by atoms with Crippen LogP contribution in [0.3, 0.4) is 0 Å². The molecule has 0 aliphatic heterocycles. The summed E-state index contributed by atoms with van der Waals surface area (Å²) in [5.74, 6) is -0.233. The van der Waals surface area contributed by atoms with Crippen LogP contribution in [0.5, 0.6) is 0 Å². The molecular formula is C11H22N2O4. The Balaban J connectivity index is 3.83. The Labute approximate surface area is 102 Å². The van der Waals surface area contributed by atoms with Gasteiger partial charge in [0.05, 0.1) is 6.54 Å². The zero-order chi connectivity index (χ0) is 13.4. The molecule has 0 fully saturated rings. The number of carboxylic acids is 1. The summed E-state index contributed by atoms with van der Waals surface area (Å²) >= 11 is 0. The first-order chi connectivity index (χ1) is 7.88. The number of hydrogen-bond donors (Lipinski definition) is 3. The molecule has 2 unspecified atom stereocenters. The molecule has 0 radical (unpaired) electrons. The number of carbonyl (C=O) groups excluding carboxylic acids is 1. The molecule has 6 nitrogen and oxygen atoms in total. The number of carbonyl (C=O) groups is 2. The standard InChI is InChI=1S/C11H22N2O4/c1-7(2)8(3)5-12-11(16)13-6-9(17-4)10(14)15/h7-9H,5-6H2,1-4H3,(H,14,15)(H2,12,13,16). The van der Waals surface area contributed by atoms with E-state index in [2.05, 4.69) is 29.2 Å². The van der Waals surface area contributed by atoms with Crippen molar-refractivity contribution in [2.45, 2.75) is 26.9 Å². The van der Waals surface area contributed by atoms with Crippen LogP contribution < -0.4 is 10.6 Å². The lowest BCUT2D eigenvalue weighted by Gasteiger charge is -2.17. The van der Waals surface area contributed by atoms with Crippen LogP contribution in [0.4, 0.5) is 4.79 Å². The third-order valence-electron chi connectivity index (χ3n) is 2.73. The first kappa shape index (κ1) is 15.7. The highest BCUT2D eigenvalue weighted by atomic mass is 16.5. The molecule has 6 heteroatoms. The lowest BCUT2D eigenvalue weighted by atomic mass is 9.98. The van der Waals surface area contributed by atoms with Crippen LogP contribution >= 0.6 is 0 Å². The van der Waals surface area contributed by atoms with E-state index in [4.69, 9.17) is 5.11 Å². The average Bonchev–Trinajstić information content (AvgIpc) is 2.25. The molecule has 2 amide bonds. The molecule has 17 heavy (non-hydrogen) atoms. The highest BCUT2D eigenvalue weighted by molar-refractivity contribution is 5.76. The smallest absolute Gasteiger partial charge is 0.334 e. The van der Waals surface area contributed by atoms with Gasteiger partial charge < -0.3 is 20.5 Å². The van der Waals surface area contributed by atoms with Gasteiger partial charge in [0, 0.05) is 13.7 Å². The Morgan fingerprint density at radius 2 is 1.71 bits per heavy atom. The second-order valence-corrected chi connectivity index (χ2v) is 4.37. The number of rotatable bonds is 7. The van der Waals surface area contributed by atoms with Gasteiger partial charge in [-0.1, -0.05) is 20.8 Å². The van der Waals surface area contributed by atoms with Crippen LogP contribution in [0, 0.1) is 11.8 Å². The van der Waals surface area contributed by atoms with Gasteiger partial charge in [-0.3, -0.25) is 0 Å². The van der Waals surface area contributed by atoms with Crippen molar-refractivity contribution in [3.8, 4) is 0 Å². The predicted octanol–water partition coefficient (Wildman–Crippen LogP) is 0.677. The SMILES string of the molecule is COC(CNC(=O)NCC(C)C(C)C)C(=O)O. The minimum Gasteiger partial charge on any atom is -0.479 e. The maximum atomic E-state index is 11.3. The topological polar surface area (TPSA) is 87.7 Å². The number of nitrogens with one attached hydrogen (secondary N) is 2. The van der Waals surface area contributed by atoms with Gasteiger partial charge in [-0.2, -0.15) is 0 Å². The van der Waals surface area contributed by atoms with Gasteiger partial charge in [-0.05, 0) is 11.8 Å². The van der Waals surface area contributed by atoms with Gasteiger partial charge in [0.1, 0.15) is 0 Å². The molecule has 100 valence electrons. The Hall–Kier alpha value is -1.30. The Morgan fingerprint density at radius 1 is 1.18 bits per heavy atom. The lowest BCUT2D eigenvalue weighted by Crippen LogP contribution is -2.44. The van der Waals surface area contributed by atoms with Gasteiger partial charge >= 0.3 is 12.0 Å². The predicted molar refractivity (Wildman–Crippen MR) is 63.8 cm³/mol. The number of amides is 2. The molecule has 0 aliphatic rings. The third-order valence-corrected chi connectivity index (χ3v) is 2.73. The van der Waals surface area contributed by atoms with Gasteiger partial charge in [0.25, 0.3) is 0 Å². The number of aliphatic carboxylic acids is 1. The first-order valence-electron chi connectivity index (χ1n) is 5.65. The normalized spacial score (nSPS) is 14.2. The fourth-order valence-electron chi connectivity index (χ4n) is 1.01. The highest BCUT2D eigenvalue weighted by Crippen LogP contribution is 2.07. The molecule has 0 bridgehead atoms. The first-order valence-corrected chi connectivity index (χ1v) is 5.65. The molecule has 0 aromatic rings. The fourth-order valence-corrected chi connectivity index (χ4v) is 1.01. The van der Waals surface area contributed by atoms with E-state index in [-0.39, 0.29) is 12.6 Å². The maximum Gasteiger partial charge on any atom is 0.334 e. The second kappa shape index (κ2) is 7.89. The number of ether oxygens (including phenoxy) is 1. The van der Waals surface area contributed by atoms with Crippen LogP contribution in [0.1, 0.15) is 20.8 Å². The zero-order valence-electron chi connectivity index (χ0n) is 10.8. The van der Waals surface area contributed by atoms with Crippen molar-refractivity contribution in [2.75, 3.05) is 20.2 Å². The van der Waals surface area contributed by atoms with Crippen LogP contribution in [-0.4, -0.2) is 43.4 Å². The third kappa shape index (κ3) is 6.78. The monoisotopic (exact) mass is 246 g/mol. The molecule has 3 N–H and O–H groups in total. The molecule has 0 saturated heterocycles. The second-order valence-electron chi connectivity index (χ2n) is 4.37. The van der Waals surface area contributed by atoms with E-state index < -0.39 is 12.1 Å². The van der Waals surface area contributed by atoms with Crippen molar-refractivity contribution in [1.29, 1.82) is 0 Å². The maximum absolute atomic E-state index is 11.3. The Kier molecular flexibility index (Phi) is 7.29. The minimum absolute atomic E-state index is 0.0479. The van der Waals surface area contributed by atoms with Crippen molar-refractivity contribution in [2.24, 2.45) is 11.8 Å². The Bertz CT molecular complexity index is 256. The van der Waals surface area contributed by atoms with E-state index in [9.17, 15) is 9.59 Å². The lowest BCUT2D eigenvalue weighted by molar-refractivity contribution is -0.147. The zero-order valence-corrected chi connectivity index (χ0v) is 10.8. The van der Waals surface area contributed by atoms with Crippen LogP contribution in [0.2, 0.25) is 0 Å². The summed E-state index contributed by atoms with van der Waals surface area (Å²) in [6, 6.07) is -0.374. The molecule has 0 saturated carbocycles.